The van der Waals surface area contributed by atoms with Crippen molar-refractivity contribution in [3.8, 4) is 0 Å². The highest BCUT2D eigenvalue weighted by Gasteiger charge is 2.32. The second kappa shape index (κ2) is 8.54. The summed E-state index contributed by atoms with van der Waals surface area (Å²) >= 11 is 1.68. The smallest absolute Gasteiger partial charge is 0.238 e. The first kappa shape index (κ1) is 18.0. The zero-order valence-corrected chi connectivity index (χ0v) is 15.8. The van der Waals surface area contributed by atoms with Crippen LogP contribution < -0.4 is 5.32 Å². The van der Waals surface area contributed by atoms with E-state index in [-0.39, 0.29) is 5.91 Å². The van der Waals surface area contributed by atoms with E-state index in [9.17, 15) is 4.79 Å². The van der Waals surface area contributed by atoms with Crippen LogP contribution in [0.2, 0.25) is 0 Å². The molecule has 25 heavy (non-hydrogen) atoms. The van der Waals surface area contributed by atoms with Gasteiger partial charge in [-0.15, -0.1) is 11.8 Å². The molecule has 1 unspecified atom stereocenters. The van der Waals surface area contributed by atoms with Gasteiger partial charge in [-0.1, -0.05) is 36.4 Å². The SMILES string of the molecule is CSc1cccc(NC(=O)CN(Cc2ccccc2)C(C)C2CC2)c1. The number of thioether (sulfide) groups is 1. The molecular formula is C21H26N2OS. The normalized spacial score (nSPS) is 15.2. The molecule has 2 aromatic carbocycles. The number of carbonyl (C=O) groups excluding carboxylic acids is 1. The highest BCUT2D eigenvalue weighted by atomic mass is 32.2. The lowest BCUT2D eigenvalue weighted by molar-refractivity contribution is -0.118. The van der Waals surface area contributed by atoms with Gasteiger partial charge < -0.3 is 5.32 Å². The number of rotatable bonds is 8. The molecule has 0 saturated heterocycles. The van der Waals surface area contributed by atoms with Gasteiger partial charge in [0, 0.05) is 23.2 Å². The average Bonchev–Trinajstić information content (AvgIpc) is 3.46. The molecule has 1 aliphatic carbocycles. The lowest BCUT2D eigenvalue weighted by Gasteiger charge is -2.28. The van der Waals surface area contributed by atoms with Gasteiger partial charge in [0.05, 0.1) is 6.54 Å². The van der Waals surface area contributed by atoms with Crippen LogP contribution >= 0.6 is 11.8 Å². The standard InChI is InChI=1S/C21H26N2OS/c1-16(18-11-12-18)23(14-17-7-4-3-5-8-17)15-21(24)22-19-9-6-10-20(13-19)25-2/h3-10,13,16,18H,11-12,14-15H2,1-2H3,(H,22,24). The molecule has 0 spiro atoms. The Bertz CT molecular complexity index is 700. The number of amides is 1. The van der Waals surface area contributed by atoms with Gasteiger partial charge in [-0.05, 0) is 55.7 Å². The van der Waals surface area contributed by atoms with Gasteiger partial charge in [0.25, 0.3) is 0 Å². The summed E-state index contributed by atoms with van der Waals surface area (Å²) in [6.45, 7) is 3.50. The molecule has 4 heteroatoms. The topological polar surface area (TPSA) is 32.3 Å². The van der Waals surface area contributed by atoms with Crippen molar-refractivity contribution in [2.45, 2.75) is 37.2 Å². The van der Waals surface area contributed by atoms with Crippen LogP contribution in [-0.2, 0) is 11.3 Å². The fourth-order valence-electron chi connectivity index (χ4n) is 3.12. The molecule has 1 amide bonds. The van der Waals surface area contributed by atoms with E-state index in [1.807, 2.05) is 30.5 Å². The van der Waals surface area contributed by atoms with E-state index in [1.54, 1.807) is 11.8 Å². The molecule has 1 atom stereocenters. The van der Waals surface area contributed by atoms with Crippen molar-refractivity contribution >= 4 is 23.4 Å². The maximum atomic E-state index is 12.6. The molecule has 1 saturated carbocycles. The Morgan fingerprint density at radius 1 is 1.20 bits per heavy atom. The zero-order chi connectivity index (χ0) is 17.6. The molecule has 0 aliphatic heterocycles. The molecule has 1 N–H and O–H groups in total. The van der Waals surface area contributed by atoms with Crippen molar-refractivity contribution in [1.82, 2.24) is 4.90 Å². The van der Waals surface area contributed by atoms with Gasteiger partial charge in [-0.25, -0.2) is 0 Å². The first-order valence-electron chi connectivity index (χ1n) is 8.87. The van der Waals surface area contributed by atoms with Crippen LogP contribution in [0.4, 0.5) is 5.69 Å². The Labute approximate surface area is 154 Å². The van der Waals surface area contributed by atoms with Crippen molar-refractivity contribution in [3.05, 3.63) is 60.2 Å². The summed E-state index contributed by atoms with van der Waals surface area (Å²) < 4.78 is 0. The van der Waals surface area contributed by atoms with E-state index < -0.39 is 0 Å². The van der Waals surface area contributed by atoms with Gasteiger partial charge in [0.1, 0.15) is 0 Å². The van der Waals surface area contributed by atoms with E-state index in [0.29, 0.717) is 12.6 Å². The summed E-state index contributed by atoms with van der Waals surface area (Å²) in [5, 5.41) is 3.05. The van der Waals surface area contributed by atoms with Crippen LogP contribution in [0.3, 0.4) is 0 Å². The molecule has 132 valence electrons. The van der Waals surface area contributed by atoms with Gasteiger partial charge in [0.2, 0.25) is 5.91 Å². The van der Waals surface area contributed by atoms with Crippen LogP contribution in [0, 0.1) is 5.92 Å². The highest BCUT2D eigenvalue weighted by Crippen LogP contribution is 2.35. The van der Waals surface area contributed by atoms with Crippen molar-refractivity contribution in [3.63, 3.8) is 0 Å². The van der Waals surface area contributed by atoms with E-state index in [4.69, 9.17) is 0 Å². The van der Waals surface area contributed by atoms with E-state index in [1.165, 1.54) is 18.4 Å². The first-order valence-corrected chi connectivity index (χ1v) is 10.1. The molecule has 1 fully saturated rings. The number of carbonyl (C=O) groups is 1. The Balaban J connectivity index is 1.65. The predicted octanol–water partition coefficient (Wildman–Crippen LogP) is 4.65. The molecule has 2 aromatic rings. The number of anilines is 1. The van der Waals surface area contributed by atoms with Gasteiger partial charge in [-0.2, -0.15) is 0 Å². The van der Waals surface area contributed by atoms with E-state index in [2.05, 4.69) is 47.5 Å². The summed E-state index contributed by atoms with van der Waals surface area (Å²) in [5.41, 5.74) is 2.13. The molecular weight excluding hydrogens is 328 g/mol. The molecule has 3 rings (SSSR count). The molecule has 0 radical (unpaired) electrons. The lowest BCUT2D eigenvalue weighted by Crippen LogP contribution is -2.40. The van der Waals surface area contributed by atoms with E-state index >= 15 is 0 Å². The average molecular weight is 355 g/mol. The molecule has 0 aromatic heterocycles. The third-order valence-corrected chi connectivity index (χ3v) is 5.53. The summed E-state index contributed by atoms with van der Waals surface area (Å²) in [7, 11) is 0. The fraction of sp³-hybridized carbons (Fsp3) is 0.381. The third kappa shape index (κ3) is 5.35. The number of benzene rings is 2. The summed E-state index contributed by atoms with van der Waals surface area (Å²) in [5.74, 6) is 0.790. The quantitative estimate of drug-likeness (QED) is 0.701. The lowest BCUT2D eigenvalue weighted by atomic mass is 10.1. The Morgan fingerprint density at radius 3 is 2.64 bits per heavy atom. The Morgan fingerprint density at radius 2 is 1.96 bits per heavy atom. The summed E-state index contributed by atoms with van der Waals surface area (Å²) in [6.07, 6.45) is 4.60. The maximum Gasteiger partial charge on any atom is 0.238 e. The maximum absolute atomic E-state index is 12.6. The van der Waals surface area contributed by atoms with Crippen molar-refractivity contribution in [2.75, 3.05) is 18.1 Å². The van der Waals surface area contributed by atoms with Crippen LogP contribution in [-0.4, -0.2) is 29.6 Å². The molecule has 0 heterocycles. The number of hydrogen-bond acceptors (Lipinski definition) is 3. The predicted molar refractivity (Wildman–Crippen MR) is 106 cm³/mol. The Hall–Kier alpha value is -1.78. The molecule has 1 aliphatic rings. The van der Waals surface area contributed by atoms with Crippen LogP contribution in [0.25, 0.3) is 0 Å². The third-order valence-electron chi connectivity index (χ3n) is 4.81. The number of nitrogens with zero attached hydrogens (tertiary/aromatic N) is 1. The first-order chi connectivity index (χ1) is 12.2. The van der Waals surface area contributed by atoms with Gasteiger partial charge in [0.15, 0.2) is 0 Å². The monoisotopic (exact) mass is 354 g/mol. The second-order valence-electron chi connectivity index (χ2n) is 6.75. The minimum absolute atomic E-state index is 0.0571. The van der Waals surface area contributed by atoms with Crippen molar-refractivity contribution in [1.29, 1.82) is 0 Å². The van der Waals surface area contributed by atoms with Crippen molar-refractivity contribution < 1.29 is 4.79 Å². The minimum atomic E-state index is 0.0571. The van der Waals surface area contributed by atoms with Gasteiger partial charge in [-0.3, -0.25) is 9.69 Å². The number of hydrogen-bond donors (Lipinski definition) is 1. The highest BCUT2D eigenvalue weighted by molar-refractivity contribution is 7.98. The van der Waals surface area contributed by atoms with Crippen LogP contribution in [0.15, 0.2) is 59.5 Å². The van der Waals surface area contributed by atoms with Gasteiger partial charge >= 0.3 is 0 Å². The summed E-state index contributed by atoms with van der Waals surface area (Å²) in [4.78, 5) is 16.1. The Kier molecular flexibility index (Phi) is 6.16. The largest absolute Gasteiger partial charge is 0.325 e. The van der Waals surface area contributed by atoms with Crippen molar-refractivity contribution in [2.24, 2.45) is 5.92 Å². The van der Waals surface area contributed by atoms with Crippen LogP contribution in [0.1, 0.15) is 25.3 Å². The van der Waals surface area contributed by atoms with Crippen LogP contribution in [0.5, 0.6) is 0 Å². The second-order valence-corrected chi connectivity index (χ2v) is 7.63. The fourth-order valence-corrected chi connectivity index (χ4v) is 3.58. The summed E-state index contributed by atoms with van der Waals surface area (Å²) in [6, 6.07) is 18.9. The minimum Gasteiger partial charge on any atom is -0.325 e. The zero-order valence-electron chi connectivity index (χ0n) is 14.9. The molecule has 3 nitrogen and oxygen atoms in total. The molecule has 0 bridgehead atoms. The van der Waals surface area contributed by atoms with E-state index in [0.717, 1.165) is 23.0 Å². The number of nitrogens with one attached hydrogen (secondary N) is 1.